The Kier molecular flexibility index (Phi) is 5.81. The van der Waals surface area contributed by atoms with Gasteiger partial charge >= 0.3 is 5.97 Å². The van der Waals surface area contributed by atoms with Gasteiger partial charge < -0.3 is 9.64 Å². The fourth-order valence-corrected chi connectivity index (χ4v) is 1.10. The van der Waals surface area contributed by atoms with Crippen molar-refractivity contribution in [2.24, 2.45) is 5.14 Å². The summed E-state index contributed by atoms with van der Waals surface area (Å²) >= 11 is 0.969. The molecule has 0 saturated heterocycles. The highest BCUT2D eigenvalue weighted by molar-refractivity contribution is 8.00. The highest BCUT2D eigenvalue weighted by atomic mass is 32.2. The molecule has 0 saturated carbocycles. The van der Waals surface area contributed by atoms with E-state index >= 15 is 0 Å². The molecule has 4 nitrogen and oxygen atoms in total. The molecule has 84 valence electrons. The van der Waals surface area contributed by atoms with Gasteiger partial charge in [-0.3, -0.25) is 5.14 Å². The molecule has 15 heavy (non-hydrogen) atoms. The van der Waals surface area contributed by atoms with E-state index in [1.54, 1.807) is 24.9 Å². The first kappa shape index (κ1) is 13.8. The Morgan fingerprint density at radius 3 is 2.40 bits per heavy atom. The van der Waals surface area contributed by atoms with Gasteiger partial charge in [0.2, 0.25) is 0 Å². The molecule has 0 spiro atoms. The molecule has 0 aliphatic carbocycles. The summed E-state index contributed by atoms with van der Waals surface area (Å²) in [6, 6.07) is 0. The first-order valence-corrected chi connectivity index (χ1v) is 5.06. The van der Waals surface area contributed by atoms with Gasteiger partial charge in [0.05, 0.1) is 12.1 Å². The predicted molar refractivity (Wildman–Crippen MR) is 63.6 cm³/mol. The Morgan fingerprint density at radius 1 is 1.53 bits per heavy atom. The van der Waals surface area contributed by atoms with Crippen molar-refractivity contribution in [1.82, 2.24) is 4.90 Å². The monoisotopic (exact) mass is 228 g/mol. The van der Waals surface area contributed by atoms with Crippen LogP contribution in [-0.4, -0.2) is 25.0 Å². The Bertz CT molecular complexity index is 311. The van der Waals surface area contributed by atoms with Crippen molar-refractivity contribution < 1.29 is 9.53 Å². The van der Waals surface area contributed by atoms with Gasteiger partial charge in [-0.15, -0.1) is 0 Å². The lowest BCUT2D eigenvalue weighted by molar-refractivity contribution is -0.137. The van der Waals surface area contributed by atoms with E-state index in [2.05, 4.69) is 17.9 Å². The van der Waals surface area contributed by atoms with Gasteiger partial charge in [-0.05, 0) is 24.9 Å². The number of allylic oxidation sites excluding steroid dienone is 2. The molecule has 0 aliphatic rings. The summed E-state index contributed by atoms with van der Waals surface area (Å²) in [5.41, 5.74) is 1.10. The number of carbonyl (C=O) groups excluding carboxylic acids is 1. The highest BCUT2D eigenvalue weighted by Gasteiger charge is 2.16. The van der Waals surface area contributed by atoms with Crippen LogP contribution in [0, 0.1) is 0 Å². The van der Waals surface area contributed by atoms with Gasteiger partial charge in [-0.1, -0.05) is 18.7 Å². The zero-order valence-corrected chi connectivity index (χ0v) is 10.1. The highest BCUT2D eigenvalue weighted by Crippen LogP contribution is 2.17. The summed E-state index contributed by atoms with van der Waals surface area (Å²) in [6.45, 7) is 9.19. The van der Waals surface area contributed by atoms with Crippen LogP contribution >= 0.6 is 11.9 Å². The summed E-state index contributed by atoms with van der Waals surface area (Å²) in [5, 5.41) is 5.91. The predicted octanol–water partition coefficient (Wildman–Crippen LogP) is 1.63. The molecule has 2 N–H and O–H groups in total. The van der Waals surface area contributed by atoms with E-state index < -0.39 is 5.97 Å². The lowest BCUT2D eigenvalue weighted by atomic mass is 10.2. The van der Waals surface area contributed by atoms with Crippen molar-refractivity contribution in [3.05, 3.63) is 35.5 Å². The van der Waals surface area contributed by atoms with Gasteiger partial charge in [0, 0.05) is 7.05 Å². The molecule has 0 bridgehead atoms. The van der Waals surface area contributed by atoms with Crippen LogP contribution in [-0.2, 0) is 9.53 Å². The van der Waals surface area contributed by atoms with Crippen LogP contribution in [0.4, 0.5) is 0 Å². The van der Waals surface area contributed by atoms with E-state index in [0.717, 1.165) is 17.5 Å². The second-order valence-electron chi connectivity index (χ2n) is 2.94. The van der Waals surface area contributed by atoms with E-state index in [1.165, 1.54) is 7.11 Å². The molecule has 0 radical (unpaired) electrons. The Hall–Kier alpha value is -1.20. The number of esters is 1. The van der Waals surface area contributed by atoms with Crippen LogP contribution < -0.4 is 5.14 Å². The van der Waals surface area contributed by atoms with Crippen LogP contribution in [0.15, 0.2) is 35.5 Å². The average molecular weight is 228 g/mol. The summed E-state index contributed by atoms with van der Waals surface area (Å²) in [4.78, 5) is 13.0. The van der Waals surface area contributed by atoms with Crippen molar-refractivity contribution in [3.8, 4) is 0 Å². The smallest absolute Gasteiger partial charge is 0.354 e. The van der Waals surface area contributed by atoms with Crippen LogP contribution in [0.25, 0.3) is 0 Å². The minimum Gasteiger partial charge on any atom is -0.464 e. The molecule has 0 atom stereocenters. The molecule has 0 fully saturated rings. The third-order valence-electron chi connectivity index (χ3n) is 1.65. The molecule has 0 aliphatic heterocycles. The summed E-state index contributed by atoms with van der Waals surface area (Å²) in [7, 11) is 3.01. The van der Waals surface area contributed by atoms with Gasteiger partial charge in [0.25, 0.3) is 0 Å². The molecule has 0 amide bonds. The second kappa shape index (κ2) is 6.31. The second-order valence-corrected chi connectivity index (χ2v) is 3.65. The molecule has 0 unspecified atom stereocenters. The third kappa shape index (κ3) is 4.22. The Morgan fingerprint density at radius 2 is 2.07 bits per heavy atom. The largest absolute Gasteiger partial charge is 0.464 e. The first-order valence-electron chi connectivity index (χ1n) is 4.19. The van der Waals surface area contributed by atoms with E-state index in [-0.39, 0.29) is 0 Å². The molecular formula is C10H16N2O2S. The minimum absolute atomic E-state index is 0.355. The van der Waals surface area contributed by atoms with Gasteiger partial charge in [0.15, 0.2) is 0 Å². The van der Waals surface area contributed by atoms with Crippen molar-refractivity contribution in [1.29, 1.82) is 0 Å². The molecular weight excluding hydrogens is 212 g/mol. The Balaban J connectivity index is 5.03. The molecule has 0 aromatic heterocycles. The maximum absolute atomic E-state index is 11.4. The van der Waals surface area contributed by atoms with Crippen molar-refractivity contribution >= 4 is 17.9 Å². The number of hydrogen-bond donors (Lipinski definition) is 1. The standard InChI is InChI=1S/C10H16N2O2S/c1-7(2)6-9(10(13)14-5)12(4)8(3)15-11/h6H,1,3,11H2,2,4-5H3/b9-6-. The Labute approximate surface area is 94.6 Å². The van der Waals surface area contributed by atoms with Crippen molar-refractivity contribution in [3.63, 3.8) is 0 Å². The van der Waals surface area contributed by atoms with Gasteiger partial charge in [0.1, 0.15) is 5.70 Å². The fourth-order valence-electron chi connectivity index (χ4n) is 0.844. The maximum Gasteiger partial charge on any atom is 0.354 e. The number of methoxy groups -OCH3 is 1. The molecule has 5 heteroatoms. The van der Waals surface area contributed by atoms with E-state index in [1.807, 2.05) is 0 Å². The molecule has 0 heterocycles. The number of nitrogens with zero attached hydrogens (tertiary/aromatic N) is 1. The van der Waals surface area contributed by atoms with Gasteiger partial charge in [-0.25, -0.2) is 4.79 Å². The summed E-state index contributed by atoms with van der Waals surface area (Å²) in [6.07, 6.45) is 1.62. The fraction of sp³-hybridized carbons (Fsp3) is 0.300. The first-order chi connectivity index (χ1) is 6.93. The lowest BCUT2D eigenvalue weighted by Gasteiger charge is -2.21. The summed E-state index contributed by atoms with van der Waals surface area (Å²) in [5.74, 6) is -0.448. The average Bonchev–Trinajstić information content (AvgIpc) is 2.22. The number of ether oxygens (including phenoxy) is 1. The zero-order chi connectivity index (χ0) is 12.0. The van der Waals surface area contributed by atoms with Crippen molar-refractivity contribution in [2.75, 3.05) is 14.2 Å². The number of hydrogen-bond acceptors (Lipinski definition) is 5. The number of carbonyl (C=O) groups is 1. The molecule has 0 aromatic carbocycles. The number of rotatable bonds is 5. The van der Waals surface area contributed by atoms with E-state index in [4.69, 9.17) is 5.14 Å². The van der Waals surface area contributed by atoms with Crippen LogP contribution in [0.5, 0.6) is 0 Å². The van der Waals surface area contributed by atoms with Crippen LogP contribution in [0.1, 0.15) is 6.92 Å². The quantitative estimate of drug-likeness (QED) is 0.335. The SMILES string of the molecule is C=C(C)/C=C(/C(=O)OC)N(C)C(=C)SN. The normalized spacial score (nSPS) is 10.8. The molecule has 0 aromatic rings. The number of nitrogens with two attached hydrogens (primary N) is 1. The van der Waals surface area contributed by atoms with Crippen molar-refractivity contribution in [2.45, 2.75) is 6.92 Å². The van der Waals surface area contributed by atoms with Crippen LogP contribution in [0.3, 0.4) is 0 Å². The van der Waals surface area contributed by atoms with Gasteiger partial charge in [-0.2, -0.15) is 0 Å². The topological polar surface area (TPSA) is 55.6 Å². The third-order valence-corrected chi connectivity index (χ3v) is 2.20. The number of likely N-dealkylation sites (N-methyl/N-ethyl adjacent to an activating group) is 1. The minimum atomic E-state index is -0.448. The van der Waals surface area contributed by atoms with E-state index in [9.17, 15) is 4.79 Å². The molecule has 0 rings (SSSR count). The zero-order valence-electron chi connectivity index (χ0n) is 9.24. The summed E-state index contributed by atoms with van der Waals surface area (Å²) < 4.78 is 4.65. The van der Waals surface area contributed by atoms with E-state index in [0.29, 0.717) is 10.7 Å². The lowest BCUT2D eigenvalue weighted by Crippen LogP contribution is -2.23. The maximum atomic E-state index is 11.4. The van der Waals surface area contributed by atoms with Crippen LogP contribution in [0.2, 0.25) is 0 Å².